The minimum atomic E-state index is -4.73. The average Bonchev–Trinajstić information content (AvgIpc) is 2.92. The Morgan fingerprint density at radius 2 is 1.62 bits per heavy atom. The second-order valence-corrected chi connectivity index (χ2v) is 11.2. The van der Waals surface area contributed by atoms with Crippen LogP contribution >= 0.6 is 0 Å². The van der Waals surface area contributed by atoms with Gasteiger partial charge >= 0.3 is 6.18 Å². The fourth-order valence-electron chi connectivity index (χ4n) is 4.07. The SMILES string of the molecule is CCCNC(=O)[C@@H](C)N(Cc1cccc(C)c1)C(=O)CN(c1cccc(C(F)(F)F)c1)S(=O)(=O)c1ccccc1. The highest BCUT2D eigenvalue weighted by Crippen LogP contribution is 2.33. The number of aryl methyl sites for hydroxylation is 1. The highest BCUT2D eigenvalue weighted by molar-refractivity contribution is 7.92. The number of carbonyl (C=O) groups is 2. The maximum Gasteiger partial charge on any atom is 0.416 e. The van der Waals surface area contributed by atoms with Gasteiger partial charge in [-0.3, -0.25) is 13.9 Å². The third kappa shape index (κ3) is 7.62. The lowest BCUT2D eigenvalue weighted by Gasteiger charge is -2.32. The number of anilines is 1. The van der Waals surface area contributed by atoms with Crippen molar-refractivity contribution in [3.63, 3.8) is 0 Å². The van der Waals surface area contributed by atoms with Crippen LogP contribution in [0.15, 0.2) is 83.8 Å². The van der Waals surface area contributed by atoms with E-state index in [0.29, 0.717) is 28.9 Å². The van der Waals surface area contributed by atoms with Crippen LogP contribution in [0.3, 0.4) is 0 Å². The van der Waals surface area contributed by atoms with Crippen LogP contribution in [0.1, 0.15) is 37.0 Å². The van der Waals surface area contributed by atoms with E-state index in [0.717, 1.165) is 17.7 Å². The van der Waals surface area contributed by atoms with Gasteiger partial charge in [0.05, 0.1) is 16.1 Å². The summed E-state index contributed by atoms with van der Waals surface area (Å²) in [6, 6.07) is 17.2. The summed E-state index contributed by atoms with van der Waals surface area (Å²) < 4.78 is 68.6. The Hall–Kier alpha value is -3.86. The number of rotatable bonds is 11. The van der Waals surface area contributed by atoms with Crippen LogP contribution in [-0.2, 0) is 32.3 Å². The van der Waals surface area contributed by atoms with Crippen LogP contribution in [0, 0.1) is 6.92 Å². The summed E-state index contributed by atoms with van der Waals surface area (Å²) >= 11 is 0. The van der Waals surface area contributed by atoms with Gasteiger partial charge in [-0.1, -0.05) is 61.0 Å². The van der Waals surface area contributed by atoms with Gasteiger partial charge in [-0.05, 0) is 56.2 Å². The molecule has 214 valence electrons. The van der Waals surface area contributed by atoms with Crippen molar-refractivity contribution in [3.05, 3.63) is 95.6 Å². The van der Waals surface area contributed by atoms with Gasteiger partial charge < -0.3 is 10.2 Å². The molecule has 7 nitrogen and oxygen atoms in total. The topological polar surface area (TPSA) is 86.8 Å². The van der Waals surface area contributed by atoms with Gasteiger partial charge in [0.2, 0.25) is 11.8 Å². The molecular weight excluding hydrogens is 543 g/mol. The number of nitrogens with one attached hydrogen (secondary N) is 1. The Morgan fingerprint density at radius 1 is 0.950 bits per heavy atom. The summed E-state index contributed by atoms with van der Waals surface area (Å²) in [6.07, 6.45) is -4.06. The molecular formula is C29H32F3N3O4S. The van der Waals surface area contributed by atoms with Crippen LogP contribution in [0.2, 0.25) is 0 Å². The Kier molecular flexibility index (Phi) is 9.97. The third-order valence-corrected chi connectivity index (χ3v) is 8.01. The van der Waals surface area contributed by atoms with E-state index < -0.39 is 46.2 Å². The number of benzene rings is 3. The fraction of sp³-hybridized carbons (Fsp3) is 0.310. The van der Waals surface area contributed by atoms with Gasteiger partial charge in [0, 0.05) is 13.1 Å². The lowest BCUT2D eigenvalue weighted by molar-refractivity contribution is -0.139. The number of sulfonamides is 1. The smallest absolute Gasteiger partial charge is 0.354 e. The second-order valence-electron chi connectivity index (χ2n) is 9.35. The first-order chi connectivity index (χ1) is 18.8. The fourth-order valence-corrected chi connectivity index (χ4v) is 5.50. The molecule has 0 aromatic heterocycles. The summed E-state index contributed by atoms with van der Waals surface area (Å²) in [7, 11) is -4.47. The summed E-state index contributed by atoms with van der Waals surface area (Å²) in [4.78, 5) is 27.7. The molecule has 3 rings (SSSR count). The van der Waals surface area contributed by atoms with E-state index >= 15 is 0 Å². The Labute approximate surface area is 232 Å². The monoisotopic (exact) mass is 575 g/mol. The van der Waals surface area contributed by atoms with Gasteiger partial charge in [0.1, 0.15) is 12.6 Å². The molecule has 0 bridgehead atoms. The van der Waals surface area contributed by atoms with Crippen molar-refractivity contribution < 1.29 is 31.2 Å². The lowest BCUT2D eigenvalue weighted by atomic mass is 10.1. The summed E-state index contributed by atoms with van der Waals surface area (Å²) in [5, 5.41) is 2.74. The highest BCUT2D eigenvalue weighted by Gasteiger charge is 2.35. The van der Waals surface area contributed by atoms with Crippen LogP contribution < -0.4 is 9.62 Å². The molecule has 40 heavy (non-hydrogen) atoms. The molecule has 0 spiro atoms. The van der Waals surface area contributed by atoms with Gasteiger partial charge in [0.25, 0.3) is 10.0 Å². The van der Waals surface area contributed by atoms with Crippen molar-refractivity contribution in [2.75, 3.05) is 17.4 Å². The Balaban J connectivity index is 2.07. The molecule has 2 amide bonds. The second kappa shape index (κ2) is 13.0. The third-order valence-electron chi connectivity index (χ3n) is 6.22. The van der Waals surface area contributed by atoms with E-state index in [1.54, 1.807) is 18.2 Å². The first-order valence-electron chi connectivity index (χ1n) is 12.7. The van der Waals surface area contributed by atoms with E-state index in [1.807, 2.05) is 26.0 Å². The van der Waals surface area contributed by atoms with E-state index in [2.05, 4.69) is 5.32 Å². The average molecular weight is 576 g/mol. The number of carbonyl (C=O) groups excluding carboxylic acids is 2. The maximum atomic E-state index is 13.8. The van der Waals surface area contributed by atoms with E-state index in [1.165, 1.54) is 42.2 Å². The maximum absolute atomic E-state index is 13.8. The number of hydrogen-bond acceptors (Lipinski definition) is 4. The molecule has 0 aliphatic heterocycles. The van der Waals surface area contributed by atoms with Crippen LogP contribution in [-0.4, -0.2) is 44.3 Å². The number of nitrogens with zero attached hydrogens (tertiary/aromatic N) is 2. The van der Waals surface area contributed by atoms with Crippen molar-refractivity contribution >= 4 is 27.5 Å². The largest absolute Gasteiger partial charge is 0.416 e. The number of alkyl halides is 3. The predicted molar refractivity (Wildman–Crippen MR) is 147 cm³/mol. The molecule has 1 atom stereocenters. The summed E-state index contributed by atoms with van der Waals surface area (Å²) in [5.74, 6) is -1.18. The molecule has 0 aliphatic rings. The van der Waals surface area contributed by atoms with Crippen molar-refractivity contribution in [2.45, 2.75) is 50.9 Å². The zero-order valence-corrected chi connectivity index (χ0v) is 23.3. The van der Waals surface area contributed by atoms with Crippen molar-refractivity contribution in [1.29, 1.82) is 0 Å². The van der Waals surface area contributed by atoms with Gasteiger partial charge in [-0.2, -0.15) is 13.2 Å². The van der Waals surface area contributed by atoms with E-state index in [9.17, 15) is 31.2 Å². The molecule has 3 aromatic rings. The minimum absolute atomic E-state index is 0.0109. The Bertz CT molecular complexity index is 1430. The van der Waals surface area contributed by atoms with Crippen LogP contribution in [0.25, 0.3) is 0 Å². The summed E-state index contributed by atoms with van der Waals surface area (Å²) in [6.45, 7) is 4.82. The molecule has 3 aromatic carbocycles. The van der Waals surface area contributed by atoms with E-state index in [-0.39, 0.29) is 17.1 Å². The molecule has 0 heterocycles. The highest BCUT2D eigenvalue weighted by atomic mass is 32.2. The predicted octanol–water partition coefficient (Wildman–Crippen LogP) is 5.15. The molecule has 0 radical (unpaired) electrons. The lowest BCUT2D eigenvalue weighted by Crippen LogP contribution is -2.51. The normalized spacial score (nSPS) is 12.4. The van der Waals surface area contributed by atoms with Gasteiger partial charge in [-0.25, -0.2) is 8.42 Å². The number of halogens is 3. The number of amides is 2. The van der Waals surface area contributed by atoms with Gasteiger partial charge in [0.15, 0.2) is 0 Å². The van der Waals surface area contributed by atoms with Crippen LogP contribution in [0.4, 0.5) is 18.9 Å². The molecule has 0 fully saturated rings. The van der Waals surface area contributed by atoms with Crippen molar-refractivity contribution in [3.8, 4) is 0 Å². The quantitative estimate of drug-likeness (QED) is 0.343. The molecule has 0 saturated heterocycles. The molecule has 0 saturated carbocycles. The molecule has 0 aliphatic carbocycles. The minimum Gasteiger partial charge on any atom is -0.354 e. The molecule has 0 unspecified atom stereocenters. The van der Waals surface area contributed by atoms with Crippen molar-refractivity contribution in [2.24, 2.45) is 0 Å². The van der Waals surface area contributed by atoms with E-state index in [4.69, 9.17) is 0 Å². The number of hydrogen-bond donors (Lipinski definition) is 1. The Morgan fingerprint density at radius 3 is 2.25 bits per heavy atom. The van der Waals surface area contributed by atoms with Crippen LogP contribution in [0.5, 0.6) is 0 Å². The first-order valence-corrected chi connectivity index (χ1v) is 14.2. The zero-order valence-electron chi connectivity index (χ0n) is 22.5. The standard InChI is InChI=1S/C29H32F3N3O4S/c1-4-16-33-28(37)22(3)34(19-23-11-8-10-21(2)17-23)27(36)20-35(40(38,39)26-14-6-5-7-15-26)25-13-9-12-24(18-25)29(30,31)32/h5-15,17-18,22H,4,16,19-20H2,1-3H3,(H,33,37)/t22-/m1/s1. The zero-order chi connectivity index (χ0) is 29.5. The first kappa shape index (κ1) is 30.7. The van der Waals surface area contributed by atoms with Crippen molar-refractivity contribution in [1.82, 2.24) is 10.2 Å². The summed E-state index contributed by atoms with van der Waals surface area (Å²) in [5.41, 5.74) is 0.241. The van der Waals surface area contributed by atoms with Gasteiger partial charge in [-0.15, -0.1) is 0 Å². The molecule has 1 N–H and O–H groups in total. The molecule has 11 heteroatoms.